The highest BCUT2D eigenvalue weighted by Gasteiger charge is 1.98. The Hall–Kier alpha value is -0.580. The van der Waals surface area contributed by atoms with Crippen LogP contribution in [-0.2, 0) is 0 Å². The third kappa shape index (κ3) is 6.66. The number of likely N-dealkylation sites (N-methyl/N-ethyl adjacent to an activating group) is 1. The standard InChI is InChI=1S/C13H21BrN2O/c1-15-8-3-9-16(2)10-11-17-13-6-4-12(14)5-7-13/h4-7,15H,3,8-11H2,1-2H3. The predicted octanol–water partition coefficient (Wildman–Crippen LogP) is 2.37. The molecule has 0 radical (unpaired) electrons. The van der Waals surface area contributed by atoms with Crippen LogP contribution in [0.25, 0.3) is 0 Å². The monoisotopic (exact) mass is 300 g/mol. The topological polar surface area (TPSA) is 24.5 Å². The first-order chi connectivity index (χ1) is 8.22. The van der Waals surface area contributed by atoms with Crippen LogP contribution in [0.15, 0.2) is 28.7 Å². The van der Waals surface area contributed by atoms with E-state index in [1.165, 1.54) is 6.42 Å². The fourth-order valence-electron chi connectivity index (χ4n) is 1.49. The molecule has 0 heterocycles. The van der Waals surface area contributed by atoms with Crippen molar-refractivity contribution in [3.8, 4) is 5.75 Å². The molecule has 0 saturated heterocycles. The predicted molar refractivity (Wildman–Crippen MR) is 75.7 cm³/mol. The fourth-order valence-corrected chi connectivity index (χ4v) is 1.75. The molecule has 96 valence electrons. The Morgan fingerprint density at radius 2 is 1.94 bits per heavy atom. The average molecular weight is 301 g/mol. The Labute approximate surface area is 112 Å². The minimum Gasteiger partial charge on any atom is -0.492 e. The molecule has 17 heavy (non-hydrogen) atoms. The summed E-state index contributed by atoms with van der Waals surface area (Å²) in [5.74, 6) is 0.928. The Morgan fingerprint density at radius 3 is 2.59 bits per heavy atom. The van der Waals surface area contributed by atoms with Gasteiger partial charge in [0.1, 0.15) is 12.4 Å². The summed E-state index contributed by atoms with van der Waals surface area (Å²) >= 11 is 3.40. The molecule has 3 nitrogen and oxygen atoms in total. The van der Waals surface area contributed by atoms with Gasteiger partial charge in [-0.05, 0) is 57.9 Å². The van der Waals surface area contributed by atoms with Crippen LogP contribution in [0.5, 0.6) is 5.75 Å². The normalized spacial score (nSPS) is 10.8. The third-order valence-electron chi connectivity index (χ3n) is 2.52. The minimum absolute atomic E-state index is 0.734. The van der Waals surface area contributed by atoms with E-state index < -0.39 is 0 Å². The maximum atomic E-state index is 5.66. The Kier molecular flexibility index (Phi) is 7.24. The average Bonchev–Trinajstić information content (AvgIpc) is 2.32. The van der Waals surface area contributed by atoms with E-state index in [0.29, 0.717) is 0 Å². The summed E-state index contributed by atoms with van der Waals surface area (Å²) in [6.07, 6.45) is 1.17. The number of hydrogen-bond acceptors (Lipinski definition) is 3. The van der Waals surface area contributed by atoms with Gasteiger partial charge in [-0.1, -0.05) is 15.9 Å². The molecule has 0 aliphatic rings. The van der Waals surface area contributed by atoms with Gasteiger partial charge < -0.3 is 15.0 Å². The number of ether oxygens (including phenoxy) is 1. The molecule has 0 aliphatic heterocycles. The van der Waals surface area contributed by atoms with Crippen molar-refractivity contribution in [2.45, 2.75) is 6.42 Å². The first kappa shape index (κ1) is 14.5. The van der Waals surface area contributed by atoms with E-state index in [2.05, 4.69) is 33.2 Å². The number of nitrogens with zero attached hydrogens (tertiary/aromatic N) is 1. The van der Waals surface area contributed by atoms with Crippen molar-refractivity contribution in [3.63, 3.8) is 0 Å². The van der Waals surface area contributed by atoms with E-state index in [-0.39, 0.29) is 0 Å². The van der Waals surface area contributed by atoms with Gasteiger partial charge in [-0.15, -0.1) is 0 Å². The molecule has 0 atom stereocenters. The van der Waals surface area contributed by atoms with E-state index in [0.717, 1.165) is 36.5 Å². The minimum atomic E-state index is 0.734. The highest BCUT2D eigenvalue weighted by molar-refractivity contribution is 9.10. The van der Waals surface area contributed by atoms with Gasteiger partial charge in [-0.2, -0.15) is 0 Å². The Balaban J connectivity index is 2.12. The molecule has 1 N–H and O–H groups in total. The van der Waals surface area contributed by atoms with Gasteiger partial charge in [-0.3, -0.25) is 0 Å². The zero-order chi connectivity index (χ0) is 12.5. The van der Waals surface area contributed by atoms with Gasteiger partial charge in [0, 0.05) is 11.0 Å². The van der Waals surface area contributed by atoms with Crippen LogP contribution >= 0.6 is 15.9 Å². The lowest BCUT2D eigenvalue weighted by Gasteiger charge is -2.16. The van der Waals surface area contributed by atoms with E-state index in [4.69, 9.17) is 4.74 Å². The maximum Gasteiger partial charge on any atom is 0.119 e. The van der Waals surface area contributed by atoms with Crippen LogP contribution in [0, 0.1) is 0 Å². The summed E-state index contributed by atoms with van der Waals surface area (Å²) in [4.78, 5) is 2.29. The molecular weight excluding hydrogens is 280 g/mol. The zero-order valence-electron chi connectivity index (χ0n) is 10.6. The Morgan fingerprint density at radius 1 is 1.24 bits per heavy atom. The molecule has 0 aliphatic carbocycles. The van der Waals surface area contributed by atoms with E-state index in [1.807, 2.05) is 31.3 Å². The van der Waals surface area contributed by atoms with Gasteiger partial charge in [-0.25, -0.2) is 0 Å². The third-order valence-corrected chi connectivity index (χ3v) is 3.05. The summed E-state index contributed by atoms with van der Waals surface area (Å²) in [5, 5.41) is 3.15. The van der Waals surface area contributed by atoms with Gasteiger partial charge in [0.25, 0.3) is 0 Å². The van der Waals surface area contributed by atoms with E-state index >= 15 is 0 Å². The van der Waals surface area contributed by atoms with Crippen molar-refractivity contribution in [2.75, 3.05) is 40.3 Å². The van der Waals surface area contributed by atoms with Crippen LogP contribution in [0.4, 0.5) is 0 Å². The molecule has 0 saturated carbocycles. The summed E-state index contributed by atoms with van der Waals surface area (Å²) in [7, 11) is 4.11. The lowest BCUT2D eigenvalue weighted by molar-refractivity contribution is 0.236. The number of nitrogens with one attached hydrogen (secondary N) is 1. The molecule has 1 rings (SSSR count). The molecular formula is C13H21BrN2O. The zero-order valence-corrected chi connectivity index (χ0v) is 12.2. The van der Waals surface area contributed by atoms with Crippen molar-refractivity contribution < 1.29 is 4.74 Å². The second-order valence-electron chi connectivity index (χ2n) is 4.06. The van der Waals surface area contributed by atoms with E-state index in [1.54, 1.807) is 0 Å². The second-order valence-corrected chi connectivity index (χ2v) is 4.98. The number of rotatable bonds is 8. The largest absolute Gasteiger partial charge is 0.492 e. The van der Waals surface area contributed by atoms with Crippen molar-refractivity contribution >= 4 is 15.9 Å². The van der Waals surface area contributed by atoms with Crippen LogP contribution in [-0.4, -0.2) is 45.2 Å². The van der Waals surface area contributed by atoms with Crippen molar-refractivity contribution in [1.82, 2.24) is 10.2 Å². The molecule has 0 amide bonds. The second kappa shape index (κ2) is 8.50. The van der Waals surface area contributed by atoms with Gasteiger partial charge >= 0.3 is 0 Å². The summed E-state index contributed by atoms with van der Waals surface area (Å²) in [6.45, 7) is 3.86. The molecule has 0 unspecified atom stereocenters. The van der Waals surface area contributed by atoms with Crippen molar-refractivity contribution in [2.24, 2.45) is 0 Å². The molecule has 0 fully saturated rings. The fraction of sp³-hybridized carbons (Fsp3) is 0.538. The summed E-state index contributed by atoms with van der Waals surface area (Å²) in [6, 6.07) is 7.94. The van der Waals surface area contributed by atoms with Crippen LogP contribution in [0.2, 0.25) is 0 Å². The molecule has 1 aromatic rings. The highest BCUT2D eigenvalue weighted by atomic mass is 79.9. The molecule has 0 spiro atoms. The first-order valence-corrected chi connectivity index (χ1v) is 6.73. The van der Waals surface area contributed by atoms with Crippen molar-refractivity contribution in [1.29, 1.82) is 0 Å². The van der Waals surface area contributed by atoms with Gasteiger partial charge in [0.2, 0.25) is 0 Å². The van der Waals surface area contributed by atoms with E-state index in [9.17, 15) is 0 Å². The summed E-state index contributed by atoms with van der Waals surface area (Å²) < 4.78 is 6.74. The summed E-state index contributed by atoms with van der Waals surface area (Å²) in [5.41, 5.74) is 0. The SMILES string of the molecule is CNCCCN(C)CCOc1ccc(Br)cc1. The number of benzene rings is 1. The highest BCUT2D eigenvalue weighted by Crippen LogP contribution is 2.15. The lowest BCUT2D eigenvalue weighted by atomic mass is 10.3. The van der Waals surface area contributed by atoms with Gasteiger partial charge in [0.15, 0.2) is 0 Å². The molecule has 4 heteroatoms. The van der Waals surface area contributed by atoms with Crippen molar-refractivity contribution in [3.05, 3.63) is 28.7 Å². The lowest BCUT2D eigenvalue weighted by Crippen LogP contribution is -2.27. The van der Waals surface area contributed by atoms with Crippen LogP contribution in [0.1, 0.15) is 6.42 Å². The van der Waals surface area contributed by atoms with Crippen LogP contribution in [0.3, 0.4) is 0 Å². The van der Waals surface area contributed by atoms with Gasteiger partial charge in [0.05, 0.1) is 0 Å². The first-order valence-electron chi connectivity index (χ1n) is 5.94. The quantitative estimate of drug-likeness (QED) is 0.746. The maximum absolute atomic E-state index is 5.66. The van der Waals surface area contributed by atoms with Crippen LogP contribution < -0.4 is 10.1 Å². The molecule has 0 bridgehead atoms. The molecule has 0 aromatic heterocycles. The smallest absolute Gasteiger partial charge is 0.119 e. The number of halogens is 1. The Bertz CT molecular complexity index is 303. The molecule has 1 aromatic carbocycles. The number of hydrogen-bond donors (Lipinski definition) is 1.